The summed E-state index contributed by atoms with van der Waals surface area (Å²) >= 11 is 1.72. The van der Waals surface area contributed by atoms with Crippen LogP contribution in [0.3, 0.4) is 0 Å². The molecule has 0 radical (unpaired) electrons. The Balaban J connectivity index is 1.52. The minimum atomic E-state index is 0.390. The van der Waals surface area contributed by atoms with E-state index in [1.807, 2.05) is 0 Å². The Morgan fingerprint density at radius 3 is 2.96 bits per heavy atom. The SMILES string of the molecule is CCCCCOc1nc2c(s1)-c1ccc(C3CC[C@@H](N)C3)cc1CC2. The molecule has 1 heterocycles. The van der Waals surface area contributed by atoms with Gasteiger partial charge in [-0.15, -0.1) is 0 Å². The van der Waals surface area contributed by atoms with Gasteiger partial charge in [-0.1, -0.05) is 49.3 Å². The molecule has 2 atom stereocenters. The number of hydrogen-bond acceptors (Lipinski definition) is 4. The number of nitrogens with zero attached hydrogens (tertiary/aromatic N) is 1. The maximum Gasteiger partial charge on any atom is 0.273 e. The Bertz CT molecular complexity index is 739. The number of aryl methyl sites for hydroxylation is 2. The molecule has 2 N–H and O–H groups in total. The van der Waals surface area contributed by atoms with Crippen molar-refractivity contribution < 1.29 is 4.74 Å². The standard InChI is InChI=1S/C21H28N2OS/c1-2-3-4-11-24-21-23-19-10-7-16-12-14(15-5-8-17(22)13-15)6-9-18(16)20(19)25-21/h6,9,12,15,17H,2-5,7-8,10-11,13,22H2,1H3/t15?,17-/m1/s1. The molecule has 1 unspecified atom stereocenters. The summed E-state index contributed by atoms with van der Waals surface area (Å²) in [5.74, 6) is 0.653. The molecule has 134 valence electrons. The van der Waals surface area contributed by atoms with Gasteiger partial charge >= 0.3 is 0 Å². The van der Waals surface area contributed by atoms with Crippen molar-refractivity contribution in [2.24, 2.45) is 5.73 Å². The van der Waals surface area contributed by atoms with Gasteiger partial charge in [0.2, 0.25) is 0 Å². The average molecular weight is 357 g/mol. The van der Waals surface area contributed by atoms with Crippen molar-refractivity contribution in [1.82, 2.24) is 4.98 Å². The van der Waals surface area contributed by atoms with Crippen molar-refractivity contribution in [1.29, 1.82) is 0 Å². The van der Waals surface area contributed by atoms with Gasteiger partial charge in [0, 0.05) is 6.04 Å². The molecule has 2 aliphatic carbocycles. The molecule has 0 spiro atoms. The second-order valence-corrected chi connectivity index (χ2v) is 8.46. The van der Waals surface area contributed by atoms with Crippen molar-refractivity contribution in [3.05, 3.63) is 35.0 Å². The van der Waals surface area contributed by atoms with Crippen LogP contribution in [-0.2, 0) is 12.8 Å². The van der Waals surface area contributed by atoms with E-state index in [4.69, 9.17) is 15.5 Å². The minimum Gasteiger partial charge on any atom is -0.470 e. The van der Waals surface area contributed by atoms with Crippen LogP contribution in [-0.4, -0.2) is 17.6 Å². The molecule has 3 nitrogen and oxygen atoms in total. The quantitative estimate of drug-likeness (QED) is 0.735. The van der Waals surface area contributed by atoms with Gasteiger partial charge in [0.1, 0.15) is 0 Å². The van der Waals surface area contributed by atoms with Gasteiger partial charge < -0.3 is 10.5 Å². The number of thiazole rings is 1. The van der Waals surface area contributed by atoms with Crippen LogP contribution in [0.1, 0.15) is 68.2 Å². The Kier molecular flexibility index (Phi) is 5.09. The molecule has 4 heteroatoms. The first-order valence-corrected chi connectivity index (χ1v) is 10.6. The topological polar surface area (TPSA) is 48.1 Å². The highest BCUT2D eigenvalue weighted by molar-refractivity contribution is 7.17. The van der Waals surface area contributed by atoms with E-state index in [0.29, 0.717) is 12.0 Å². The van der Waals surface area contributed by atoms with Crippen LogP contribution in [0.15, 0.2) is 18.2 Å². The summed E-state index contributed by atoms with van der Waals surface area (Å²) in [6.45, 7) is 3.00. The van der Waals surface area contributed by atoms with Gasteiger partial charge in [-0.25, -0.2) is 4.98 Å². The van der Waals surface area contributed by atoms with Gasteiger partial charge in [-0.05, 0) is 61.1 Å². The van der Waals surface area contributed by atoms with E-state index in [1.54, 1.807) is 11.3 Å². The number of unbranched alkanes of at least 4 members (excludes halogenated alkanes) is 2. The minimum absolute atomic E-state index is 0.390. The van der Waals surface area contributed by atoms with Crippen LogP contribution < -0.4 is 10.5 Å². The number of nitrogens with two attached hydrogens (primary N) is 1. The lowest BCUT2D eigenvalue weighted by Gasteiger charge is -2.18. The van der Waals surface area contributed by atoms with E-state index >= 15 is 0 Å². The van der Waals surface area contributed by atoms with E-state index in [-0.39, 0.29) is 0 Å². The van der Waals surface area contributed by atoms with Crippen molar-refractivity contribution >= 4 is 11.3 Å². The summed E-state index contributed by atoms with van der Waals surface area (Å²) in [5.41, 5.74) is 11.7. The van der Waals surface area contributed by atoms with Crippen LogP contribution in [0.2, 0.25) is 0 Å². The molecule has 25 heavy (non-hydrogen) atoms. The van der Waals surface area contributed by atoms with Crippen molar-refractivity contribution in [2.75, 3.05) is 6.61 Å². The highest BCUT2D eigenvalue weighted by Gasteiger charge is 2.26. The first-order chi connectivity index (χ1) is 12.2. The number of fused-ring (bicyclic) bond motifs is 3. The van der Waals surface area contributed by atoms with Gasteiger partial charge in [-0.3, -0.25) is 0 Å². The molecule has 2 aromatic rings. The Hall–Kier alpha value is -1.39. The van der Waals surface area contributed by atoms with E-state index < -0.39 is 0 Å². The fourth-order valence-corrected chi connectivity index (χ4v) is 5.20. The molecule has 1 aromatic carbocycles. The fourth-order valence-electron chi connectivity index (χ4n) is 4.15. The molecule has 4 rings (SSSR count). The van der Waals surface area contributed by atoms with Crippen LogP contribution in [0.5, 0.6) is 5.19 Å². The van der Waals surface area contributed by atoms with Gasteiger partial charge in [0.25, 0.3) is 5.19 Å². The zero-order valence-corrected chi connectivity index (χ0v) is 15.9. The smallest absolute Gasteiger partial charge is 0.273 e. The highest BCUT2D eigenvalue weighted by atomic mass is 32.1. The summed E-state index contributed by atoms with van der Waals surface area (Å²) in [7, 11) is 0. The molecule has 0 aliphatic heterocycles. The molecule has 0 saturated heterocycles. The van der Waals surface area contributed by atoms with Gasteiger partial charge in [0.15, 0.2) is 0 Å². The summed E-state index contributed by atoms with van der Waals surface area (Å²) in [5, 5.41) is 0.847. The summed E-state index contributed by atoms with van der Waals surface area (Å²) in [6.07, 6.45) is 9.23. The lowest BCUT2D eigenvalue weighted by Crippen LogP contribution is -2.14. The zero-order chi connectivity index (χ0) is 17.2. The Labute approximate surface area is 154 Å². The number of rotatable bonds is 6. The normalized spacial score (nSPS) is 21.8. The number of aromatic nitrogens is 1. The molecule has 0 amide bonds. The number of hydrogen-bond donors (Lipinski definition) is 1. The monoisotopic (exact) mass is 356 g/mol. The molecule has 0 bridgehead atoms. The zero-order valence-electron chi connectivity index (χ0n) is 15.1. The molecular formula is C21H28N2OS. The van der Waals surface area contributed by atoms with E-state index in [1.165, 1.54) is 52.9 Å². The van der Waals surface area contributed by atoms with Crippen LogP contribution in [0, 0.1) is 0 Å². The van der Waals surface area contributed by atoms with Gasteiger partial charge in [0.05, 0.1) is 17.2 Å². The summed E-state index contributed by atoms with van der Waals surface area (Å²) < 4.78 is 5.89. The third-order valence-corrected chi connectivity index (χ3v) is 6.64. The van der Waals surface area contributed by atoms with Crippen molar-refractivity contribution in [3.8, 4) is 15.6 Å². The van der Waals surface area contributed by atoms with E-state index in [0.717, 1.165) is 37.5 Å². The number of ether oxygens (including phenoxy) is 1. The second kappa shape index (κ2) is 7.46. The molecule has 1 saturated carbocycles. The third-order valence-electron chi connectivity index (χ3n) is 5.60. The lowest BCUT2D eigenvalue weighted by atomic mass is 9.88. The predicted molar refractivity (Wildman–Crippen MR) is 105 cm³/mol. The van der Waals surface area contributed by atoms with E-state index in [9.17, 15) is 0 Å². The first kappa shape index (κ1) is 17.0. The first-order valence-electron chi connectivity index (χ1n) is 9.76. The van der Waals surface area contributed by atoms with E-state index in [2.05, 4.69) is 25.1 Å². The molecule has 1 aromatic heterocycles. The third kappa shape index (κ3) is 3.61. The van der Waals surface area contributed by atoms with Gasteiger partial charge in [-0.2, -0.15) is 0 Å². The summed E-state index contributed by atoms with van der Waals surface area (Å²) in [6, 6.07) is 7.45. The van der Waals surface area contributed by atoms with Crippen molar-refractivity contribution in [2.45, 2.75) is 70.3 Å². The lowest BCUT2D eigenvalue weighted by molar-refractivity contribution is 0.304. The maximum absolute atomic E-state index is 6.10. The number of benzene rings is 1. The van der Waals surface area contributed by atoms with Crippen molar-refractivity contribution in [3.63, 3.8) is 0 Å². The van der Waals surface area contributed by atoms with Crippen LogP contribution in [0.4, 0.5) is 0 Å². The Morgan fingerprint density at radius 1 is 1.24 bits per heavy atom. The fraction of sp³-hybridized carbons (Fsp3) is 0.571. The largest absolute Gasteiger partial charge is 0.470 e. The highest BCUT2D eigenvalue weighted by Crippen LogP contribution is 2.42. The predicted octanol–water partition coefficient (Wildman–Crippen LogP) is 5.07. The summed E-state index contributed by atoms with van der Waals surface area (Å²) in [4.78, 5) is 6.06. The maximum atomic E-state index is 6.10. The molecule has 2 aliphatic rings. The molecular weight excluding hydrogens is 328 g/mol. The molecule has 1 fully saturated rings. The Morgan fingerprint density at radius 2 is 2.16 bits per heavy atom. The second-order valence-electron chi connectivity index (χ2n) is 7.50. The van der Waals surface area contributed by atoms with Crippen LogP contribution >= 0.6 is 11.3 Å². The average Bonchev–Trinajstić information content (AvgIpc) is 3.24. The van der Waals surface area contributed by atoms with Crippen LogP contribution in [0.25, 0.3) is 10.4 Å².